The molecule has 1 rings (SSSR count). The van der Waals surface area contributed by atoms with Gasteiger partial charge in [0.25, 0.3) is 0 Å². The minimum Gasteiger partial charge on any atom is -0.396 e. The van der Waals surface area contributed by atoms with Crippen LogP contribution in [0.2, 0.25) is 0 Å². The van der Waals surface area contributed by atoms with Crippen molar-refractivity contribution in [2.45, 2.75) is 19.4 Å². The second kappa shape index (κ2) is 6.36. The SMILES string of the molecule is CSCCC(C)N(C)c1ncc(C#N)cc1N. The van der Waals surface area contributed by atoms with Crippen molar-refractivity contribution in [3.63, 3.8) is 0 Å². The van der Waals surface area contributed by atoms with Gasteiger partial charge < -0.3 is 10.6 Å². The number of hydrogen-bond donors (Lipinski definition) is 1. The molecule has 0 amide bonds. The monoisotopic (exact) mass is 250 g/mol. The highest BCUT2D eigenvalue weighted by atomic mass is 32.2. The van der Waals surface area contributed by atoms with E-state index in [1.165, 1.54) is 0 Å². The fourth-order valence-corrected chi connectivity index (χ4v) is 2.10. The molecule has 0 radical (unpaired) electrons. The molecule has 1 aromatic rings. The van der Waals surface area contributed by atoms with Gasteiger partial charge >= 0.3 is 0 Å². The Hall–Kier alpha value is -1.41. The van der Waals surface area contributed by atoms with Crippen molar-refractivity contribution in [3.05, 3.63) is 17.8 Å². The number of anilines is 2. The van der Waals surface area contributed by atoms with E-state index in [1.54, 1.807) is 12.3 Å². The summed E-state index contributed by atoms with van der Waals surface area (Å²) < 4.78 is 0. The molecule has 0 aliphatic rings. The number of nitrogen functional groups attached to an aromatic ring is 1. The molecule has 0 spiro atoms. The van der Waals surface area contributed by atoms with E-state index in [0.717, 1.165) is 18.0 Å². The molecule has 0 saturated carbocycles. The molecule has 4 nitrogen and oxygen atoms in total. The molecule has 2 N–H and O–H groups in total. The van der Waals surface area contributed by atoms with E-state index in [1.807, 2.05) is 24.9 Å². The maximum absolute atomic E-state index is 8.75. The van der Waals surface area contributed by atoms with Gasteiger partial charge in [0, 0.05) is 19.3 Å². The van der Waals surface area contributed by atoms with Crippen LogP contribution >= 0.6 is 11.8 Å². The fourth-order valence-electron chi connectivity index (χ4n) is 1.52. The Labute approximate surface area is 107 Å². The molecule has 1 atom stereocenters. The Kier molecular flexibility index (Phi) is 5.11. The molecule has 0 aromatic carbocycles. The highest BCUT2D eigenvalue weighted by molar-refractivity contribution is 7.98. The van der Waals surface area contributed by atoms with Gasteiger partial charge in [-0.05, 0) is 31.4 Å². The predicted molar refractivity (Wildman–Crippen MR) is 74.2 cm³/mol. The maximum atomic E-state index is 8.75. The number of nitrogens with two attached hydrogens (primary N) is 1. The Bertz CT molecular complexity index is 413. The van der Waals surface area contributed by atoms with Crippen LogP contribution in [-0.4, -0.2) is 30.1 Å². The van der Waals surface area contributed by atoms with Crippen molar-refractivity contribution in [1.82, 2.24) is 4.98 Å². The van der Waals surface area contributed by atoms with Gasteiger partial charge in [-0.25, -0.2) is 4.98 Å². The van der Waals surface area contributed by atoms with Gasteiger partial charge in [0.2, 0.25) is 0 Å². The van der Waals surface area contributed by atoms with E-state index in [9.17, 15) is 0 Å². The van der Waals surface area contributed by atoms with Crippen LogP contribution in [0.15, 0.2) is 12.3 Å². The number of aromatic nitrogens is 1. The van der Waals surface area contributed by atoms with Gasteiger partial charge in [-0.15, -0.1) is 0 Å². The molecule has 0 aliphatic carbocycles. The standard InChI is InChI=1S/C12H18N4S/c1-9(4-5-17-3)16(2)12-11(14)6-10(7-13)8-15-12/h6,8-9H,4-5,14H2,1-3H3. The third-order valence-electron chi connectivity index (χ3n) is 2.76. The summed E-state index contributed by atoms with van der Waals surface area (Å²) >= 11 is 1.83. The number of thioether (sulfide) groups is 1. The van der Waals surface area contributed by atoms with Crippen LogP contribution in [0.25, 0.3) is 0 Å². The lowest BCUT2D eigenvalue weighted by Crippen LogP contribution is -2.30. The normalized spacial score (nSPS) is 11.9. The van der Waals surface area contributed by atoms with Crippen LogP contribution in [0.4, 0.5) is 11.5 Å². The van der Waals surface area contributed by atoms with Gasteiger partial charge in [-0.3, -0.25) is 0 Å². The predicted octanol–water partition coefficient (Wildman–Crippen LogP) is 2.11. The average molecular weight is 250 g/mol. The van der Waals surface area contributed by atoms with E-state index < -0.39 is 0 Å². The molecule has 0 bridgehead atoms. The van der Waals surface area contributed by atoms with E-state index in [0.29, 0.717) is 17.3 Å². The highest BCUT2D eigenvalue weighted by Gasteiger charge is 2.13. The summed E-state index contributed by atoms with van der Waals surface area (Å²) in [6.07, 6.45) is 4.74. The largest absolute Gasteiger partial charge is 0.396 e. The zero-order valence-corrected chi connectivity index (χ0v) is 11.3. The van der Waals surface area contributed by atoms with Crippen LogP contribution in [0.5, 0.6) is 0 Å². The zero-order valence-electron chi connectivity index (χ0n) is 10.5. The van der Waals surface area contributed by atoms with Gasteiger partial charge in [0.1, 0.15) is 6.07 Å². The van der Waals surface area contributed by atoms with Crippen molar-refractivity contribution >= 4 is 23.3 Å². The van der Waals surface area contributed by atoms with Gasteiger partial charge in [0.15, 0.2) is 5.82 Å². The quantitative estimate of drug-likeness (QED) is 0.867. The molecular formula is C12H18N4S. The summed E-state index contributed by atoms with van der Waals surface area (Å²) in [6.45, 7) is 2.15. The maximum Gasteiger partial charge on any atom is 0.151 e. The number of rotatable bonds is 5. The van der Waals surface area contributed by atoms with E-state index in [2.05, 4.69) is 23.1 Å². The van der Waals surface area contributed by atoms with Gasteiger partial charge in [-0.2, -0.15) is 17.0 Å². The molecule has 1 heterocycles. The summed E-state index contributed by atoms with van der Waals surface area (Å²) in [5.74, 6) is 1.86. The first-order valence-electron chi connectivity index (χ1n) is 5.47. The molecule has 17 heavy (non-hydrogen) atoms. The molecule has 92 valence electrons. The molecule has 1 unspecified atom stereocenters. The first-order valence-corrected chi connectivity index (χ1v) is 6.87. The molecule has 0 fully saturated rings. The number of nitriles is 1. The van der Waals surface area contributed by atoms with E-state index >= 15 is 0 Å². The molecule has 0 aliphatic heterocycles. The van der Waals surface area contributed by atoms with Crippen LogP contribution < -0.4 is 10.6 Å². The molecule has 0 saturated heterocycles. The minimum absolute atomic E-state index is 0.380. The lowest BCUT2D eigenvalue weighted by atomic mass is 10.2. The molecular weight excluding hydrogens is 232 g/mol. The first kappa shape index (κ1) is 13.7. The lowest BCUT2D eigenvalue weighted by molar-refractivity contribution is 0.663. The summed E-state index contributed by atoms with van der Waals surface area (Å²) in [6, 6.07) is 4.08. The second-order valence-corrected chi connectivity index (χ2v) is 4.98. The molecule has 5 heteroatoms. The average Bonchev–Trinajstić information content (AvgIpc) is 2.34. The number of nitrogens with zero attached hydrogens (tertiary/aromatic N) is 3. The summed E-state index contributed by atoms with van der Waals surface area (Å²) in [4.78, 5) is 6.31. The smallest absolute Gasteiger partial charge is 0.151 e. The van der Waals surface area contributed by atoms with Crippen molar-refractivity contribution in [3.8, 4) is 6.07 Å². The van der Waals surface area contributed by atoms with E-state index in [4.69, 9.17) is 11.0 Å². The molecule has 1 aromatic heterocycles. The highest BCUT2D eigenvalue weighted by Crippen LogP contribution is 2.22. The van der Waals surface area contributed by atoms with Gasteiger partial charge in [0.05, 0.1) is 11.3 Å². The van der Waals surface area contributed by atoms with Crippen LogP contribution in [0, 0.1) is 11.3 Å². The number of pyridine rings is 1. The van der Waals surface area contributed by atoms with Crippen molar-refractivity contribution < 1.29 is 0 Å². The van der Waals surface area contributed by atoms with Crippen molar-refractivity contribution in [2.24, 2.45) is 0 Å². The van der Waals surface area contributed by atoms with Crippen molar-refractivity contribution in [2.75, 3.05) is 29.7 Å². The topological polar surface area (TPSA) is 65.9 Å². The van der Waals surface area contributed by atoms with Crippen LogP contribution in [-0.2, 0) is 0 Å². The van der Waals surface area contributed by atoms with Crippen LogP contribution in [0.1, 0.15) is 18.9 Å². The second-order valence-electron chi connectivity index (χ2n) is 3.99. The van der Waals surface area contributed by atoms with Crippen molar-refractivity contribution in [1.29, 1.82) is 5.26 Å². The lowest BCUT2D eigenvalue weighted by Gasteiger charge is -2.26. The Balaban J connectivity index is 2.82. The minimum atomic E-state index is 0.380. The third-order valence-corrected chi connectivity index (χ3v) is 3.40. The Morgan fingerprint density at radius 3 is 2.88 bits per heavy atom. The van der Waals surface area contributed by atoms with Gasteiger partial charge in [-0.1, -0.05) is 0 Å². The Morgan fingerprint density at radius 1 is 1.65 bits per heavy atom. The van der Waals surface area contributed by atoms with Crippen LogP contribution in [0.3, 0.4) is 0 Å². The number of hydrogen-bond acceptors (Lipinski definition) is 5. The summed E-state index contributed by atoms with van der Waals surface area (Å²) in [7, 11) is 1.98. The van der Waals surface area contributed by atoms with E-state index in [-0.39, 0.29) is 0 Å². The fraction of sp³-hybridized carbons (Fsp3) is 0.500. The first-order chi connectivity index (χ1) is 8.10. The zero-order chi connectivity index (χ0) is 12.8. The Morgan fingerprint density at radius 2 is 2.35 bits per heavy atom. The third kappa shape index (κ3) is 3.53. The summed E-state index contributed by atoms with van der Waals surface area (Å²) in [5.41, 5.74) is 6.96. The summed E-state index contributed by atoms with van der Waals surface area (Å²) in [5, 5.41) is 8.75.